The lowest BCUT2D eigenvalue weighted by molar-refractivity contribution is -0.148. The topological polar surface area (TPSA) is 80.8 Å². The number of ether oxygens (including phenoxy) is 1. The molecule has 1 aliphatic heterocycles. The van der Waals surface area contributed by atoms with Crippen molar-refractivity contribution in [1.29, 1.82) is 0 Å². The van der Waals surface area contributed by atoms with E-state index < -0.39 is 21.8 Å². The summed E-state index contributed by atoms with van der Waals surface area (Å²) in [6.45, 7) is 1.69. The summed E-state index contributed by atoms with van der Waals surface area (Å²) in [5.41, 5.74) is 0. The van der Waals surface area contributed by atoms with Gasteiger partial charge in [0.15, 0.2) is 9.84 Å². The minimum atomic E-state index is -3.08. The van der Waals surface area contributed by atoms with Crippen LogP contribution in [0.25, 0.3) is 0 Å². The highest BCUT2D eigenvalue weighted by atomic mass is 32.2. The van der Waals surface area contributed by atoms with Gasteiger partial charge >= 0.3 is 5.97 Å². The molecule has 0 bridgehead atoms. The third-order valence-electron chi connectivity index (χ3n) is 2.96. The molecule has 0 aromatic carbocycles. The van der Waals surface area contributed by atoms with E-state index in [0.29, 0.717) is 19.3 Å². The van der Waals surface area contributed by atoms with E-state index in [2.05, 4.69) is 4.74 Å². The van der Waals surface area contributed by atoms with Crippen molar-refractivity contribution in [2.45, 2.75) is 32.2 Å². The van der Waals surface area contributed by atoms with Crippen LogP contribution in [0.5, 0.6) is 0 Å². The zero-order valence-electron chi connectivity index (χ0n) is 10.7. The van der Waals surface area contributed by atoms with Crippen LogP contribution in [0.2, 0.25) is 0 Å². The fourth-order valence-electron chi connectivity index (χ4n) is 2.00. The van der Waals surface area contributed by atoms with Crippen LogP contribution in [-0.2, 0) is 24.2 Å². The molecule has 0 radical (unpaired) electrons. The summed E-state index contributed by atoms with van der Waals surface area (Å²) in [7, 11) is -1.83. The second-order valence-corrected chi connectivity index (χ2v) is 6.63. The maximum Gasteiger partial charge on any atom is 0.325 e. The first kappa shape index (κ1) is 14.9. The van der Waals surface area contributed by atoms with Gasteiger partial charge < -0.3 is 9.64 Å². The number of esters is 1. The van der Waals surface area contributed by atoms with E-state index in [1.807, 2.05) is 6.92 Å². The molecule has 1 rings (SSSR count). The van der Waals surface area contributed by atoms with Crippen LogP contribution in [0.15, 0.2) is 0 Å². The fourth-order valence-corrected chi connectivity index (χ4v) is 3.73. The van der Waals surface area contributed by atoms with Gasteiger partial charge in [-0.05, 0) is 12.8 Å². The van der Waals surface area contributed by atoms with Crippen molar-refractivity contribution in [3.63, 3.8) is 0 Å². The standard InChI is InChI=1S/C11H19NO5S/c1-3-4-10(13)12(7-11(14)17-2)9-5-6-18(15,16)8-9/h9H,3-8H2,1-2H3/t9-/m0/s1. The van der Waals surface area contributed by atoms with Crippen molar-refractivity contribution < 1.29 is 22.7 Å². The van der Waals surface area contributed by atoms with Gasteiger partial charge in [-0.25, -0.2) is 8.42 Å². The fraction of sp³-hybridized carbons (Fsp3) is 0.818. The average molecular weight is 277 g/mol. The largest absolute Gasteiger partial charge is 0.468 e. The third-order valence-corrected chi connectivity index (χ3v) is 4.71. The average Bonchev–Trinajstić information content (AvgIpc) is 2.66. The van der Waals surface area contributed by atoms with Gasteiger partial charge in [0.25, 0.3) is 0 Å². The van der Waals surface area contributed by atoms with Crippen LogP contribution in [0.4, 0.5) is 0 Å². The first-order chi connectivity index (χ1) is 8.39. The maximum atomic E-state index is 11.9. The Labute approximate surface area is 107 Å². The molecule has 1 saturated heterocycles. The van der Waals surface area contributed by atoms with Gasteiger partial charge in [0, 0.05) is 12.5 Å². The Morgan fingerprint density at radius 1 is 1.39 bits per heavy atom. The highest BCUT2D eigenvalue weighted by Crippen LogP contribution is 2.19. The van der Waals surface area contributed by atoms with Crippen molar-refractivity contribution in [3.8, 4) is 0 Å². The molecule has 1 fully saturated rings. The first-order valence-corrected chi connectivity index (χ1v) is 7.78. The second-order valence-electron chi connectivity index (χ2n) is 4.40. The first-order valence-electron chi connectivity index (χ1n) is 5.96. The smallest absolute Gasteiger partial charge is 0.325 e. The number of sulfone groups is 1. The number of carbonyl (C=O) groups excluding carboxylic acids is 2. The molecular weight excluding hydrogens is 258 g/mol. The van der Waals surface area contributed by atoms with Crippen LogP contribution < -0.4 is 0 Å². The zero-order chi connectivity index (χ0) is 13.8. The molecule has 7 heteroatoms. The molecule has 0 aromatic heterocycles. The van der Waals surface area contributed by atoms with Gasteiger partial charge in [0.1, 0.15) is 6.54 Å². The molecule has 0 unspecified atom stereocenters. The van der Waals surface area contributed by atoms with Crippen molar-refractivity contribution in [2.24, 2.45) is 0 Å². The number of hydrogen-bond acceptors (Lipinski definition) is 5. The summed E-state index contributed by atoms with van der Waals surface area (Å²) < 4.78 is 27.4. The van der Waals surface area contributed by atoms with Gasteiger partial charge in [-0.1, -0.05) is 6.92 Å². The predicted molar refractivity (Wildman–Crippen MR) is 65.7 cm³/mol. The van der Waals surface area contributed by atoms with Crippen LogP contribution in [-0.4, -0.2) is 56.4 Å². The summed E-state index contributed by atoms with van der Waals surface area (Å²) in [4.78, 5) is 24.5. The van der Waals surface area contributed by atoms with Gasteiger partial charge in [-0.2, -0.15) is 0 Å². The number of carbonyl (C=O) groups is 2. The SMILES string of the molecule is CCCC(=O)N(CC(=O)OC)[C@H]1CCS(=O)(=O)C1. The monoisotopic (exact) mass is 277 g/mol. The van der Waals surface area contributed by atoms with Crippen LogP contribution in [0.3, 0.4) is 0 Å². The van der Waals surface area contributed by atoms with Gasteiger partial charge in [-0.3, -0.25) is 9.59 Å². The molecule has 104 valence electrons. The summed E-state index contributed by atoms with van der Waals surface area (Å²) in [6.07, 6.45) is 1.37. The molecule has 6 nitrogen and oxygen atoms in total. The molecule has 1 aliphatic rings. The van der Waals surface area contributed by atoms with Gasteiger partial charge in [0.2, 0.25) is 5.91 Å². The van der Waals surface area contributed by atoms with Crippen LogP contribution in [0, 0.1) is 0 Å². The highest BCUT2D eigenvalue weighted by molar-refractivity contribution is 7.91. The van der Waals surface area contributed by atoms with E-state index in [9.17, 15) is 18.0 Å². The Kier molecular flexibility index (Phi) is 5.13. The molecular formula is C11H19NO5S. The molecule has 0 spiro atoms. The molecule has 1 amide bonds. The third kappa shape index (κ3) is 3.97. The Bertz CT molecular complexity index is 417. The van der Waals surface area contributed by atoms with Gasteiger partial charge in [0.05, 0.1) is 18.6 Å². The molecule has 18 heavy (non-hydrogen) atoms. The lowest BCUT2D eigenvalue weighted by atomic mass is 10.2. The molecule has 0 aliphatic carbocycles. The van der Waals surface area contributed by atoms with Crippen molar-refractivity contribution in [1.82, 2.24) is 4.90 Å². The molecule has 0 saturated carbocycles. The molecule has 1 atom stereocenters. The van der Waals surface area contributed by atoms with E-state index in [1.54, 1.807) is 0 Å². The predicted octanol–water partition coefficient (Wildman–Crippen LogP) is -0.0248. The quantitative estimate of drug-likeness (QED) is 0.659. The lowest BCUT2D eigenvalue weighted by Gasteiger charge is -2.27. The number of amides is 1. The van der Waals surface area contributed by atoms with Crippen molar-refractivity contribution >= 4 is 21.7 Å². The van der Waals surface area contributed by atoms with E-state index in [1.165, 1.54) is 12.0 Å². The molecule has 1 heterocycles. The Balaban J connectivity index is 2.77. The number of rotatable bonds is 5. The highest BCUT2D eigenvalue weighted by Gasteiger charge is 2.35. The summed E-state index contributed by atoms with van der Waals surface area (Å²) >= 11 is 0. The molecule has 0 N–H and O–H groups in total. The van der Waals surface area contributed by atoms with E-state index >= 15 is 0 Å². The second kappa shape index (κ2) is 6.17. The number of methoxy groups -OCH3 is 1. The van der Waals surface area contributed by atoms with E-state index in [-0.39, 0.29) is 24.0 Å². The zero-order valence-corrected chi connectivity index (χ0v) is 11.5. The van der Waals surface area contributed by atoms with Crippen molar-refractivity contribution in [2.75, 3.05) is 25.2 Å². The summed E-state index contributed by atoms with van der Waals surface area (Å²) in [5.74, 6) is -0.692. The lowest BCUT2D eigenvalue weighted by Crippen LogP contribution is -2.44. The maximum absolute atomic E-state index is 11.9. The minimum Gasteiger partial charge on any atom is -0.468 e. The molecule has 0 aromatic rings. The number of hydrogen-bond donors (Lipinski definition) is 0. The van der Waals surface area contributed by atoms with Crippen LogP contribution in [0.1, 0.15) is 26.2 Å². The van der Waals surface area contributed by atoms with E-state index in [4.69, 9.17) is 0 Å². The van der Waals surface area contributed by atoms with E-state index in [0.717, 1.165) is 0 Å². The Hall–Kier alpha value is -1.11. The minimum absolute atomic E-state index is 0.0561. The van der Waals surface area contributed by atoms with Crippen LogP contribution >= 0.6 is 0 Å². The Morgan fingerprint density at radius 3 is 2.50 bits per heavy atom. The Morgan fingerprint density at radius 2 is 2.06 bits per heavy atom. The normalized spacial score (nSPS) is 21.6. The summed E-state index contributed by atoms with van der Waals surface area (Å²) in [5, 5.41) is 0. The number of nitrogens with zero attached hydrogens (tertiary/aromatic N) is 1. The summed E-state index contributed by atoms with van der Waals surface area (Å²) in [6, 6.07) is -0.395. The van der Waals surface area contributed by atoms with Crippen molar-refractivity contribution in [3.05, 3.63) is 0 Å². The van der Waals surface area contributed by atoms with Gasteiger partial charge in [-0.15, -0.1) is 0 Å².